The van der Waals surface area contributed by atoms with Crippen LogP contribution in [0.25, 0.3) is 15.9 Å². The fourth-order valence-electron chi connectivity index (χ4n) is 4.31. The van der Waals surface area contributed by atoms with Gasteiger partial charge in [-0.3, -0.25) is 4.57 Å². The molecule has 0 amide bonds. The minimum absolute atomic E-state index is 0.0546. The molecule has 0 bridgehead atoms. The van der Waals surface area contributed by atoms with Crippen LogP contribution in [0.3, 0.4) is 0 Å². The van der Waals surface area contributed by atoms with Crippen molar-refractivity contribution in [2.24, 2.45) is 0 Å². The number of fused-ring (bicyclic) bond motifs is 1. The number of rotatable bonds is 2. The maximum absolute atomic E-state index is 12.5. The van der Waals surface area contributed by atoms with Gasteiger partial charge in [0.15, 0.2) is 5.69 Å². The molecule has 0 atom stereocenters. The first kappa shape index (κ1) is 16.4. The Morgan fingerprint density at radius 3 is 2.56 bits per heavy atom. The number of piperidine rings is 1. The summed E-state index contributed by atoms with van der Waals surface area (Å²) >= 11 is 0. The lowest BCUT2D eigenvalue weighted by Crippen LogP contribution is -2.45. The average molecular weight is 340 g/mol. The van der Waals surface area contributed by atoms with Crippen molar-refractivity contribution >= 4 is 16.7 Å². The van der Waals surface area contributed by atoms with E-state index in [0.29, 0.717) is 11.7 Å². The van der Waals surface area contributed by atoms with Crippen molar-refractivity contribution in [3.8, 4) is 0 Å². The number of aryl methyl sites for hydroxylation is 1. The summed E-state index contributed by atoms with van der Waals surface area (Å²) in [5.41, 5.74) is 3.18. The van der Waals surface area contributed by atoms with E-state index in [0.717, 1.165) is 68.6 Å². The van der Waals surface area contributed by atoms with E-state index in [2.05, 4.69) is 14.7 Å². The van der Waals surface area contributed by atoms with Crippen LogP contribution < -0.4 is 5.69 Å². The molecule has 0 spiro atoms. The number of imidazole rings is 1. The minimum atomic E-state index is -0.0546. The van der Waals surface area contributed by atoms with Gasteiger partial charge in [0.1, 0.15) is 0 Å². The molecule has 1 N–H and O–H groups in total. The molecule has 2 aliphatic heterocycles. The summed E-state index contributed by atoms with van der Waals surface area (Å²) in [6.45, 7) is 13.0. The second-order valence-electron chi connectivity index (χ2n) is 7.18. The molecule has 0 radical (unpaired) electrons. The molecule has 3 heterocycles. The lowest BCUT2D eigenvalue weighted by molar-refractivity contribution is 0.0220. The third-order valence-electron chi connectivity index (χ3n) is 5.73. The minimum Gasteiger partial charge on any atom is -0.381 e. The second-order valence-corrected chi connectivity index (χ2v) is 7.18. The van der Waals surface area contributed by atoms with Gasteiger partial charge in [0, 0.05) is 38.4 Å². The fourth-order valence-corrected chi connectivity index (χ4v) is 4.31. The number of likely N-dealkylation sites (tertiary alicyclic amines) is 1. The van der Waals surface area contributed by atoms with E-state index in [4.69, 9.17) is 11.3 Å². The summed E-state index contributed by atoms with van der Waals surface area (Å²) in [7, 11) is 0. The molecule has 2 aliphatic rings. The van der Waals surface area contributed by atoms with Gasteiger partial charge in [-0.2, -0.15) is 0 Å². The Morgan fingerprint density at radius 2 is 1.88 bits per heavy atom. The van der Waals surface area contributed by atoms with Gasteiger partial charge in [-0.15, -0.1) is 0 Å². The van der Waals surface area contributed by atoms with Crippen LogP contribution in [-0.4, -0.2) is 46.8 Å². The zero-order chi connectivity index (χ0) is 17.4. The van der Waals surface area contributed by atoms with E-state index in [1.54, 1.807) is 6.07 Å². The van der Waals surface area contributed by atoms with Gasteiger partial charge < -0.3 is 14.6 Å². The van der Waals surface area contributed by atoms with Crippen LogP contribution in [0.15, 0.2) is 16.9 Å². The summed E-state index contributed by atoms with van der Waals surface area (Å²) in [5.74, 6) is 0. The Kier molecular flexibility index (Phi) is 4.36. The van der Waals surface area contributed by atoms with Crippen LogP contribution in [0.1, 0.15) is 37.3 Å². The van der Waals surface area contributed by atoms with Crippen LogP contribution in [-0.2, 0) is 4.74 Å². The van der Waals surface area contributed by atoms with E-state index in [1.807, 2.05) is 17.6 Å². The quantitative estimate of drug-likeness (QED) is 0.855. The molecule has 2 saturated heterocycles. The number of hydrogen-bond donors (Lipinski definition) is 1. The zero-order valence-electron chi connectivity index (χ0n) is 14.6. The molecule has 1 aromatic heterocycles. The predicted octanol–water partition coefficient (Wildman–Crippen LogP) is 3.00. The predicted molar refractivity (Wildman–Crippen MR) is 97.2 cm³/mol. The van der Waals surface area contributed by atoms with Gasteiger partial charge in [0.05, 0.1) is 17.6 Å². The lowest BCUT2D eigenvalue weighted by Gasteiger charge is -2.39. The highest BCUT2D eigenvalue weighted by atomic mass is 16.5. The highest BCUT2D eigenvalue weighted by Crippen LogP contribution is 2.30. The van der Waals surface area contributed by atoms with Crippen LogP contribution >= 0.6 is 0 Å². The molecule has 0 saturated carbocycles. The number of ether oxygens (including phenoxy) is 1. The van der Waals surface area contributed by atoms with E-state index in [1.165, 1.54) is 0 Å². The third-order valence-corrected chi connectivity index (χ3v) is 5.73. The Morgan fingerprint density at radius 1 is 1.16 bits per heavy atom. The number of aromatic nitrogens is 2. The molecular weight excluding hydrogens is 316 g/mol. The first-order chi connectivity index (χ1) is 12.2. The van der Waals surface area contributed by atoms with Crippen molar-refractivity contribution in [2.75, 3.05) is 26.3 Å². The van der Waals surface area contributed by atoms with Crippen LogP contribution in [0.4, 0.5) is 5.69 Å². The van der Waals surface area contributed by atoms with Crippen molar-refractivity contribution in [3.05, 3.63) is 39.6 Å². The fraction of sp³-hybridized carbons (Fsp3) is 0.579. The summed E-state index contributed by atoms with van der Waals surface area (Å²) in [6, 6.07) is 4.64. The molecule has 0 unspecified atom stereocenters. The lowest BCUT2D eigenvalue weighted by atomic mass is 9.99. The molecule has 6 heteroatoms. The molecule has 6 nitrogen and oxygen atoms in total. The Balaban J connectivity index is 1.57. The largest absolute Gasteiger partial charge is 0.381 e. The molecule has 2 aromatic rings. The summed E-state index contributed by atoms with van der Waals surface area (Å²) in [4.78, 5) is 21.6. The van der Waals surface area contributed by atoms with Crippen molar-refractivity contribution in [1.82, 2.24) is 14.5 Å². The molecule has 25 heavy (non-hydrogen) atoms. The Bertz CT molecular complexity index is 862. The van der Waals surface area contributed by atoms with Gasteiger partial charge in [-0.25, -0.2) is 9.64 Å². The van der Waals surface area contributed by atoms with E-state index in [-0.39, 0.29) is 11.7 Å². The topological polar surface area (TPSA) is 54.6 Å². The van der Waals surface area contributed by atoms with E-state index >= 15 is 0 Å². The van der Waals surface area contributed by atoms with Crippen molar-refractivity contribution in [2.45, 2.75) is 44.7 Å². The molecule has 0 aliphatic carbocycles. The highest BCUT2D eigenvalue weighted by molar-refractivity contribution is 5.82. The van der Waals surface area contributed by atoms with Crippen LogP contribution in [0, 0.1) is 13.5 Å². The molecule has 132 valence electrons. The Labute approximate surface area is 147 Å². The van der Waals surface area contributed by atoms with Gasteiger partial charge in [0.2, 0.25) is 0 Å². The van der Waals surface area contributed by atoms with E-state index in [9.17, 15) is 4.79 Å². The molecular formula is C19H24N4O2. The number of benzene rings is 1. The molecule has 1 aromatic carbocycles. The number of hydrogen-bond acceptors (Lipinski definition) is 3. The standard InChI is InChI=1S/C19H24N4O2/c1-13-11-18-17(12-16(13)20-2)21-19(24)23(18)15-3-7-22(8-4-15)14-5-9-25-10-6-14/h11-12,14-15H,3-10H2,1H3,(H,21,24). The molecule has 2 fully saturated rings. The molecule has 4 rings (SSSR count). The second kappa shape index (κ2) is 6.66. The van der Waals surface area contributed by atoms with Crippen molar-refractivity contribution in [1.29, 1.82) is 0 Å². The highest BCUT2D eigenvalue weighted by Gasteiger charge is 2.28. The maximum atomic E-state index is 12.5. The maximum Gasteiger partial charge on any atom is 0.326 e. The van der Waals surface area contributed by atoms with Gasteiger partial charge in [-0.1, -0.05) is 0 Å². The summed E-state index contributed by atoms with van der Waals surface area (Å²) < 4.78 is 7.38. The monoisotopic (exact) mass is 340 g/mol. The smallest absolute Gasteiger partial charge is 0.326 e. The van der Waals surface area contributed by atoms with E-state index < -0.39 is 0 Å². The Hall–Kier alpha value is -2.10. The van der Waals surface area contributed by atoms with Crippen LogP contribution in [0.2, 0.25) is 0 Å². The summed E-state index contributed by atoms with van der Waals surface area (Å²) in [6.07, 6.45) is 4.23. The first-order valence-corrected chi connectivity index (χ1v) is 9.11. The number of nitrogens with zero attached hydrogens (tertiary/aromatic N) is 3. The van der Waals surface area contributed by atoms with Gasteiger partial charge in [-0.05, 0) is 50.3 Å². The average Bonchev–Trinajstić information content (AvgIpc) is 2.96. The first-order valence-electron chi connectivity index (χ1n) is 9.11. The zero-order valence-corrected chi connectivity index (χ0v) is 14.6. The number of nitrogens with one attached hydrogen (secondary N) is 1. The number of aromatic amines is 1. The SMILES string of the molecule is [C-]#[N+]c1cc2[nH]c(=O)n(C3CCN(C4CCOCC4)CC3)c2cc1C. The number of H-pyrrole nitrogens is 1. The van der Waals surface area contributed by atoms with Crippen LogP contribution in [0.5, 0.6) is 0 Å². The van der Waals surface area contributed by atoms with Gasteiger partial charge >= 0.3 is 5.69 Å². The van der Waals surface area contributed by atoms with Crippen molar-refractivity contribution < 1.29 is 4.74 Å². The summed E-state index contributed by atoms with van der Waals surface area (Å²) in [5, 5.41) is 0. The van der Waals surface area contributed by atoms with Gasteiger partial charge in [0.25, 0.3) is 0 Å². The normalized spacial score (nSPS) is 20.8. The third kappa shape index (κ3) is 2.99. The van der Waals surface area contributed by atoms with Crippen molar-refractivity contribution in [3.63, 3.8) is 0 Å².